The number of benzene rings is 1. The average Bonchev–Trinajstić information content (AvgIpc) is 2.83. The van der Waals surface area contributed by atoms with Crippen molar-refractivity contribution in [1.29, 1.82) is 0 Å². The van der Waals surface area contributed by atoms with E-state index in [1.165, 1.54) is 50.7 Å². The number of hydrogen-bond acceptors (Lipinski definition) is 9. The number of anilines is 1. The van der Waals surface area contributed by atoms with Gasteiger partial charge in [0.25, 0.3) is 0 Å². The van der Waals surface area contributed by atoms with Gasteiger partial charge in [-0.2, -0.15) is 8.42 Å². The standard InChI is InChI=1S/C24H39NO10S/c1-2-3-4-5-6-7-8-9-10-11-20(27)25-17-12-14-18(15-13-17)33-24-22(29)23(35-36(30,31)32)21(28)19(16-26)34-24/h12-15,19,21-24,26,28-29H,2-11,16H2,1H3,(H,25,27)(H,30,31,32)/t19-,21+,22-,23+,24-/m1/s1. The van der Waals surface area contributed by atoms with Gasteiger partial charge < -0.3 is 30.1 Å². The molecule has 0 saturated carbocycles. The van der Waals surface area contributed by atoms with E-state index in [0.29, 0.717) is 12.1 Å². The van der Waals surface area contributed by atoms with Crippen LogP contribution >= 0.6 is 0 Å². The molecule has 1 aliphatic rings. The number of hydrogen-bond donors (Lipinski definition) is 5. The molecular weight excluding hydrogens is 494 g/mol. The van der Waals surface area contributed by atoms with E-state index in [1.54, 1.807) is 12.1 Å². The maximum absolute atomic E-state index is 12.2. The number of aliphatic hydroxyl groups excluding tert-OH is 3. The van der Waals surface area contributed by atoms with E-state index in [4.69, 9.17) is 14.0 Å². The molecule has 0 aromatic heterocycles. The summed E-state index contributed by atoms with van der Waals surface area (Å²) in [6, 6.07) is 6.18. The highest BCUT2D eigenvalue weighted by atomic mass is 32.3. The molecule has 2 rings (SSSR count). The Morgan fingerprint density at radius 1 is 0.972 bits per heavy atom. The zero-order chi connectivity index (χ0) is 26.6. The summed E-state index contributed by atoms with van der Waals surface area (Å²) < 4.78 is 46.2. The Balaban J connectivity index is 1.78. The zero-order valence-corrected chi connectivity index (χ0v) is 21.4. The third-order valence-electron chi connectivity index (χ3n) is 5.95. The summed E-state index contributed by atoms with van der Waals surface area (Å²) >= 11 is 0. The number of unbranched alkanes of at least 4 members (excludes halogenated alkanes) is 8. The molecule has 5 atom stereocenters. The normalized spacial score (nSPS) is 24.4. The Morgan fingerprint density at radius 2 is 1.56 bits per heavy atom. The highest BCUT2D eigenvalue weighted by Crippen LogP contribution is 2.27. The first-order chi connectivity index (χ1) is 17.1. The Labute approximate surface area is 212 Å². The van der Waals surface area contributed by atoms with Crippen molar-refractivity contribution in [3.8, 4) is 5.75 Å². The van der Waals surface area contributed by atoms with Crippen LogP contribution in [0.3, 0.4) is 0 Å². The lowest BCUT2D eigenvalue weighted by Crippen LogP contribution is -2.61. The molecule has 0 aliphatic carbocycles. The molecule has 1 heterocycles. The Hall–Kier alpha value is -1.80. The molecule has 1 saturated heterocycles. The van der Waals surface area contributed by atoms with Gasteiger partial charge in [-0.25, -0.2) is 4.18 Å². The van der Waals surface area contributed by atoms with Gasteiger partial charge in [-0.3, -0.25) is 9.35 Å². The third kappa shape index (κ3) is 10.7. The molecule has 0 unspecified atom stereocenters. The largest absolute Gasteiger partial charge is 0.462 e. The van der Waals surface area contributed by atoms with Gasteiger partial charge in [-0.1, -0.05) is 58.3 Å². The molecule has 1 fully saturated rings. The van der Waals surface area contributed by atoms with Gasteiger partial charge in [0, 0.05) is 12.1 Å². The van der Waals surface area contributed by atoms with Crippen LogP contribution < -0.4 is 10.1 Å². The van der Waals surface area contributed by atoms with Crippen LogP contribution in [0.1, 0.15) is 71.1 Å². The van der Waals surface area contributed by atoms with Gasteiger partial charge in [0.15, 0.2) is 0 Å². The number of amides is 1. The van der Waals surface area contributed by atoms with Crippen molar-refractivity contribution in [1.82, 2.24) is 0 Å². The lowest BCUT2D eigenvalue weighted by Gasteiger charge is -2.40. The average molecular weight is 534 g/mol. The highest BCUT2D eigenvalue weighted by Gasteiger charge is 2.48. The molecular formula is C24H39NO10S. The van der Waals surface area contributed by atoms with Crippen LogP contribution in [0, 0.1) is 0 Å². The summed E-state index contributed by atoms with van der Waals surface area (Å²) in [6.07, 6.45) is 2.76. The van der Waals surface area contributed by atoms with Crippen molar-refractivity contribution >= 4 is 22.0 Å². The van der Waals surface area contributed by atoms with E-state index in [0.717, 1.165) is 19.3 Å². The zero-order valence-electron chi connectivity index (χ0n) is 20.6. The fraction of sp³-hybridized carbons (Fsp3) is 0.708. The van der Waals surface area contributed by atoms with Crippen molar-refractivity contribution in [3.05, 3.63) is 24.3 Å². The maximum Gasteiger partial charge on any atom is 0.397 e. The minimum atomic E-state index is -5.00. The lowest BCUT2D eigenvalue weighted by atomic mass is 9.99. The summed E-state index contributed by atoms with van der Waals surface area (Å²) in [7, 11) is -5.00. The summed E-state index contributed by atoms with van der Waals surface area (Å²) in [4.78, 5) is 12.2. The second-order valence-electron chi connectivity index (χ2n) is 8.96. The molecule has 1 amide bonds. The van der Waals surface area contributed by atoms with E-state index in [1.807, 2.05) is 0 Å². The topological polar surface area (TPSA) is 172 Å². The van der Waals surface area contributed by atoms with Crippen LogP contribution in [0.25, 0.3) is 0 Å². The van der Waals surface area contributed by atoms with Crippen LogP contribution in [0.15, 0.2) is 24.3 Å². The molecule has 0 bridgehead atoms. The fourth-order valence-electron chi connectivity index (χ4n) is 3.98. The summed E-state index contributed by atoms with van der Waals surface area (Å²) in [5, 5.41) is 32.6. The predicted octanol–water partition coefficient (Wildman–Crippen LogP) is 2.55. The first-order valence-corrected chi connectivity index (χ1v) is 13.9. The third-order valence-corrected chi connectivity index (χ3v) is 6.42. The first kappa shape index (κ1) is 30.4. The van der Waals surface area contributed by atoms with Crippen molar-refractivity contribution in [3.63, 3.8) is 0 Å². The number of carbonyl (C=O) groups excluding carboxylic acids is 1. The van der Waals surface area contributed by atoms with E-state index in [-0.39, 0.29) is 11.7 Å². The minimum Gasteiger partial charge on any atom is -0.462 e. The highest BCUT2D eigenvalue weighted by molar-refractivity contribution is 7.80. The molecule has 12 heteroatoms. The first-order valence-electron chi connectivity index (χ1n) is 12.5. The van der Waals surface area contributed by atoms with Crippen molar-refractivity contribution in [2.24, 2.45) is 0 Å². The summed E-state index contributed by atoms with van der Waals surface area (Å²) in [5.41, 5.74) is 0.546. The number of carbonyl (C=O) groups is 1. The number of nitrogens with one attached hydrogen (secondary N) is 1. The molecule has 206 valence electrons. The van der Waals surface area contributed by atoms with Crippen LogP contribution in [0.2, 0.25) is 0 Å². The molecule has 1 aromatic carbocycles. The van der Waals surface area contributed by atoms with Crippen molar-refractivity contribution in [2.45, 2.75) is 102 Å². The molecule has 0 spiro atoms. The van der Waals surface area contributed by atoms with Gasteiger partial charge in [-0.15, -0.1) is 0 Å². The van der Waals surface area contributed by atoms with Crippen LogP contribution in [-0.4, -0.2) is 71.5 Å². The molecule has 5 N–H and O–H groups in total. The summed E-state index contributed by atoms with van der Waals surface area (Å²) in [6.45, 7) is 1.48. The van der Waals surface area contributed by atoms with Crippen LogP contribution in [0.4, 0.5) is 5.69 Å². The smallest absolute Gasteiger partial charge is 0.397 e. The lowest BCUT2D eigenvalue weighted by molar-refractivity contribution is -0.272. The van der Waals surface area contributed by atoms with Crippen LogP contribution in [0.5, 0.6) is 5.75 Å². The fourth-order valence-corrected chi connectivity index (χ4v) is 4.48. The Kier molecular flexibility index (Phi) is 13.1. The Morgan fingerprint density at radius 3 is 2.11 bits per heavy atom. The second-order valence-corrected chi connectivity index (χ2v) is 10.0. The molecule has 36 heavy (non-hydrogen) atoms. The van der Waals surface area contributed by atoms with E-state index in [9.17, 15) is 28.5 Å². The molecule has 1 aliphatic heterocycles. The van der Waals surface area contributed by atoms with Gasteiger partial charge in [-0.05, 0) is 30.7 Å². The maximum atomic E-state index is 12.2. The van der Waals surface area contributed by atoms with Crippen molar-refractivity contribution in [2.75, 3.05) is 11.9 Å². The van der Waals surface area contributed by atoms with Gasteiger partial charge in [0.2, 0.25) is 12.2 Å². The van der Waals surface area contributed by atoms with E-state index >= 15 is 0 Å². The SMILES string of the molecule is CCCCCCCCCCCC(=O)Nc1ccc(O[C@@H]2O[C@H](CO)[C@H](O)[C@H](OS(=O)(=O)O)[C@H]2O)cc1. The number of aliphatic hydroxyl groups is 3. The summed E-state index contributed by atoms with van der Waals surface area (Å²) in [5.74, 6) is 0.109. The quantitative estimate of drug-likeness (QED) is 0.157. The Bertz CT molecular complexity index is 879. The molecule has 11 nitrogen and oxygen atoms in total. The molecule has 1 aromatic rings. The molecule has 0 radical (unpaired) electrons. The van der Waals surface area contributed by atoms with Gasteiger partial charge in [0.05, 0.1) is 6.61 Å². The number of rotatable bonds is 16. The van der Waals surface area contributed by atoms with Crippen LogP contribution in [-0.2, 0) is 24.1 Å². The number of ether oxygens (including phenoxy) is 2. The second kappa shape index (κ2) is 15.5. The van der Waals surface area contributed by atoms with Gasteiger partial charge in [0.1, 0.15) is 30.2 Å². The monoisotopic (exact) mass is 533 g/mol. The van der Waals surface area contributed by atoms with Crippen molar-refractivity contribution < 1.29 is 46.7 Å². The minimum absolute atomic E-state index is 0.0948. The van der Waals surface area contributed by atoms with Gasteiger partial charge >= 0.3 is 10.4 Å². The van der Waals surface area contributed by atoms with E-state index in [2.05, 4.69) is 16.4 Å². The van der Waals surface area contributed by atoms with E-state index < -0.39 is 47.7 Å². The predicted molar refractivity (Wildman–Crippen MR) is 132 cm³/mol.